The summed E-state index contributed by atoms with van der Waals surface area (Å²) in [5.74, 6) is -2.24. The van der Waals surface area contributed by atoms with Gasteiger partial charge in [-0.3, -0.25) is 15.4 Å². The highest BCUT2D eigenvalue weighted by Gasteiger charge is 2.34. The van der Waals surface area contributed by atoms with Gasteiger partial charge in [-0.15, -0.1) is 0 Å². The lowest BCUT2D eigenvalue weighted by molar-refractivity contribution is -0.171. The van der Waals surface area contributed by atoms with Gasteiger partial charge in [-0.2, -0.15) is 5.48 Å². The summed E-state index contributed by atoms with van der Waals surface area (Å²) in [5, 5.41) is 11.2. The van der Waals surface area contributed by atoms with Crippen LogP contribution in [0.3, 0.4) is 0 Å². The van der Waals surface area contributed by atoms with Crippen molar-refractivity contribution in [1.82, 2.24) is 15.4 Å². The van der Waals surface area contributed by atoms with Crippen LogP contribution >= 0.6 is 50.2 Å². The Hall–Kier alpha value is -5.18. The lowest BCUT2D eigenvalue weighted by Gasteiger charge is -2.30. The van der Waals surface area contributed by atoms with E-state index >= 15 is 0 Å². The van der Waals surface area contributed by atoms with E-state index in [4.69, 9.17) is 26.9 Å². The van der Waals surface area contributed by atoms with Crippen molar-refractivity contribution in [3.8, 4) is 0 Å². The predicted octanol–water partition coefficient (Wildman–Crippen LogP) is 7.85. The Bertz CT molecular complexity index is 2170. The third kappa shape index (κ3) is 11.3. The standard InChI is InChI=1S/C37H42BrClN10O7S2/c1-20-9-11-22(25(17-20)48-13-5-3-6-14-48)41-34(53)45-36-43-24(30(38)57-36)19-27(50)55-29(32(51)56-47-33(40)52)28-31(39)58-37(44-28)46-35(54)42-23-12-10-21(2)18-26(23)49-15-7-4-8-16-49/h9-12,17-18,29H,3-8,13-16,19H2,1-2H3,(H3,40,47,52)(H2,41,43,45,53)(H2,42,44,46,54). The van der Waals surface area contributed by atoms with Crippen LogP contribution in [-0.4, -0.2) is 66.2 Å². The highest BCUT2D eigenvalue weighted by molar-refractivity contribution is 9.11. The van der Waals surface area contributed by atoms with Gasteiger partial charge in [-0.1, -0.05) is 46.4 Å². The molecule has 21 heteroatoms. The third-order valence-electron chi connectivity index (χ3n) is 9.17. The number of piperidine rings is 2. The van der Waals surface area contributed by atoms with Crippen molar-refractivity contribution < 1.29 is 33.5 Å². The number of aromatic nitrogens is 2. The summed E-state index contributed by atoms with van der Waals surface area (Å²) < 4.78 is 5.79. The Morgan fingerprint density at radius 2 is 1.31 bits per heavy atom. The molecule has 6 amide bonds. The number of anilines is 6. The molecule has 2 aliphatic heterocycles. The molecule has 58 heavy (non-hydrogen) atoms. The Morgan fingerprint density at radius 1 is 0.793 bits per heavy atom. The topological polar surface area (TPSA) is 222 Å². The minimum absolute atomic E-state index is 0.0224. The molecule has 1 atom stereocenters. The SMILES string of the molecule is Cc1ccc(NC(=O)Nc2nc(C(OC(=O)Cc3nc(NC(=O)Nc4ccc(C)cc4N4CCCCC4)sc3Br)C(=O)ONC(N)=O)c(Cl)s2)c(N2CCCCC2)c1. The summed E-state index contributed by atoms with van der Waals surface area (Å²) in [7, 11) is 0. The van der Waals surface area contributed by atoms with Crippen molar-refractivity contribution in [3.05, 3.63) is 67.0 Å². The van der Waals surface area contributed by atoms with Crippen molar-refractivity contribution in [2.24, 2.45) is 5.73 Å². The zero-order valence-electron chi connectivity index (χ0n) is 31.6. The number of hydroxylamine groups is 1. The van der Waals surface area contributed by atoms with Crippen LogP contribution in [0, 0.1) is 13.8 Å². The normalized spacial score (nSPS) is 14.6. The van der Waals surface area contributed by atoms with Gasteiger partial charge in [-0.25, -0.2) is 29.1 Å². The number of esters is 1. The largest absolute Gasteiger partial charge is 0.443 e. The van der Waals surface area contributed by atoms with E-state index in [1.54, 1.807) is 5.48 Å². The van der Waals surface area contributed by atoms with Crippen LogP contribution in [0.15, 0.2) is 40.2 Å². The average molecular weight is 918 g/mol. The van der Waals surface area contributed by atoms with E-state index in [1.165, 1.54) is 6.42 Å². The fraction of sp³-hybridized carbons (Fsp3) is 0.378. The molecule has 2 aliphatic rings. The first-order valence-corrected chi connectivity index (χ1v) is 21.3. The number of aryl methyl sites for hydroxylation is 2. The third-order valence-corrected chi connectivity index (χ3v) is 12.1. The van der Waals surface area contributed by atoms with Crippen LogP contribution in [0.4, 0.5) is 47.4 Å². The van der Waals surface area contributed by atoms with Crippen molar-refractivity contribution in [3.63, 3.8) is 0 Å². The van der Waals surface area contributed by atoms with Gasteiger partial charge in [0.1, 0.15) is 10.0 Å². The number of nitrogens with one attached hydrogen (secondary N) is 5. The van der Waals surface area contributed by atoms with Crippen molar-refractivity contribution in [2.45, 2.75) is 64.9 Å². The predicted molar refractivity (Wildman–Crippen MR) is 228 cm³/mol. The molecule has 0 radical (unpaired) electrons. The number of ether oxygens (including phenoxy) is 1. The zero-order valence-corrected chi connectivity index (χ0v) is 35.6. The molecule has 0 saturated carbocycles. The Balaban J connectivity index is 1.11. The van der Waals surface area contributed by atoms with Crippen LogP contribution < -0.4 is 42.3 Å². The molecular weight excluding hydrogens is 876 g/mol. The maximum Gasteiger partial charge on any atom is 0.378 e. The van der Waals surface area contributed by atoms with Gasteiger partial charge >= 0.3 is 30.0 Å². The van der Waals surface area contributed by atoms with Gasteiger partial charge < -0.3 is 35.7 Å². The summed E-state index contributed by atoms with van der Waals surface area (Å²) in [6.07, 6.45) is 4.22. The summed E-state index contributed by atoms with van der Waals surface area (Å²) >= 11 is 11.7. The first-order chi connectivity index (χ1) is 27.8. The van der Waals surface area contributed by atoms with E-state index in [0.717, 1.165) is 103 Å². The van der Waals surface area contributed by atoms with E-state index in [0.29, 0.717) is 15.2 Å². The second kappa shape index (κ2) is 19.5. The minimum atomic E-state index is -1.89. The molecule has 4 heterocycles. The maximum atomic E-state index is 13.3. The summed E-state index contributed by atoms with van der Waals surface area (Å²) in [5.41, 5.74) is 11.9. The molecule has 4 aromatic rings. The molecule has 0 spiro atoms. The number of nitrogens with two attached hydrogens (primary N) is 1. The second-order valence-electron chi connectivity index (χ2n) is 13.6. The van der Waals surface area contributed by atoms with Crippen LogP contribution in [0.5, 0.6) is 0 Å². The van der Waals surface area contributed by atoms with E-state index < -0.39 is 42.6 Å². The van der Waals surface area contributed by atoms with E-state index in [2.05, 4.69) is 57.0 Å². The lowest BCUT2D eigenvalue weighted by atomic mass is 10.1. The monoisotopic (exact) mass is 916 g/mol. The quantitative estimate of drug-likeness (QED) is 0.0628. The van der Waals surface area contributed by atoms with Gasteiger partial charge in [0, 0.05) is 26.2 Å². The number of thiazole rings is 2. The highest BCUT2D eigenvalue weighted by atomic mass is 79.9. The number of carbonyl (C=O) groups is 5. The molecule has 2 saturated heterocycles. The van der Waals surface area contributed by atoms with Gasteiger partial charge in [0.2, 0.25) is 6.10 Å². The fourth-order valence-corrected chi connectivity index (χ4v) is 8.96. The van der Waals surface area contributed by atoms with Crippen molar-refractivity contribution in [2.75, 3.05) is 57.2 Å². The van der Waals surface area contributed by atoms with Crippen LogP contribution in [0.2, 0.25) is 4.34 Å². The number of nitrogens with zero attached hydrogens (tertiary/aromatic N) is 4. The first kappa shape index (κ1) is 42.4. The Morgan fingerprint density at radius 3 is 1.83 bits per heavy atom. The molecular formula is C37H42BrClN10O7S2. The van der Waals surface area contributed by atoms with Gasteiger partial charge in [0.15, 0.2) is 10.3 Å². The minimum Gasteiger partial charge on any atom is -0.443 e. The van der Waals surface area contributed by atoms with Gasteiger partial charge in [0.25, 0.3) is 0 Å². The number of benzene rings is 2. The Kier molecular flexibility index (Phi) is 14.3. The summed E-state index contributed by atoms with van der Waals surface area (Å²) in [4.78, 5) is 81.9. The first-order valence-electron chi connectivity index (χ1n) is 18.5. The van der Waals surface area contributed by atoms with E-state index in [1.807, 2.05) is 50.2 Å². The number of primary amides is 1. The number of carbonyl (C=O) groups excluding carboxylic acids is 5. The van der Waals surface area contributed by atoms with Gasteiger partial charge in [-0.05, 0) is 104 Å². The molecule has 2 fully saturated rings. The highest BCUT2D eigenvalue weighted by Crippen LogP contribution is 2.36. The molecule has 0 bridgehead atoms. The number of halogens is 2. The number of hydrogen-bond acceptors (Lipinski definition) is 13. The molecule has 6 rings (SSSR count). The smallest absolute Gasteiger partial charge is 0.378 e. The van der Waals surface area contributed by atoms with Crippen LogP contribution in [-0.2, 0) is 25.6 Å². The number of urea groups is 3. The van der Waals surface area contributed by atoms with E-state index in [-0.39, 0.29) is 26.0 Å². The molecule has 1 unspecified atom stereocenters. The number of amides is 6. The second-order valence-corrected chi connectivity index (χ2v) is 17.6. The molecule has 2 aromatic carbocycles. The lowest BCUT2D eigenvalue weighted by Crippen LogP contribution is -2.35. The molecule has 7 N–H and O–H groups in total. The maximum absolute atomic E-state index is 13.3. The average Bonchev–Trinajstić information content (AvgIpc) is 3.73. The van der Waals surface area contributed by atoms with Crippen molar-refractivity contribution in [1.29, 1.82) is 0 Å². The number of hydrogen-bond donors (Lipinski definition) is 6. The van der Waals surface area contributed by atoms with Crippen LogP contribution in [0.1, 0.15) is 67.1 Å². The fourth-order valence-electron chi connectivity index (χ4n) is 6.49. The summed E-state index contributed by atoms with van der Waals surface area (Å²) in [6.45, 7) is 7.52. The van der Waals surface area contributed by atoms with E-state index in [9.17, 15) is 24.0 Å². The van der Waals surface area contributed by atoms with Gasteiger partial charge in [0.05, 0.1) is 38.7 Å². The van der Waals surface area contributed by atoms with Crippen LogP contribution in [0.25, 0.3) is 0 Å². The van der Waals surface area contributed by atoms with Crippen molar-refractivity contribution >= 4 is 113 Å². The molecule has 308 valence electrons. The zero-order chi connectivity index (χ0) is 41.3. The number of rotatable bonds is 11. The molecule has 0 aliphatic carbocycles. The molecule has 2 aromatic heterocycles. The Labute approximate surface area is 355 Å². The molecule has 17 nitrogen and oxygen atoms in total. The summed E-state index contributed by atoms with van der Waals surface area (Å²) in [6, 6.07) is 9.20.